The SMILES string of the molecule is CCC[C@@H]1CN(Cc2cc(C(CC(=O)O)c3cc(C#N)n(C)c3)ccc2C)S(=O)(=O)c2ccccc2O1. The molecule has 0 aliphatic carbocycles. The Balaban J connectivity index is 1.74. The largest absolute Gasteiger partial charge is 0.488 e. The fraction of sp³-hybridized carbons (Fsp3) is 0.357. The number of benzene rings is 2. The molecule has 0 saturated carbocycles. The number of hydrogen-bond acceptors (Lipinski definition) is 5. The molecule has 8 nitrogen and oxygen atoms in total. The number of rotatable bonds is 8. The lowest BCUT2D eigenvalue weighted by molar-refractivity contribution is -0.137. The highest BCUT2D eigenvalue weighted by Crippen LogP contribution is 2.35. The van der Waals surface area contributed by atoms with E-state index < -0.39 is 21.9 Å². The van der Waals surface area contributed by atoms with Crippen LogP contribution in [0.25, 0.3) is 0 Å². The Morgan fingerprint density at radius 3 is 2.65 bits per heavy atom. The summed E-state index contributed by atoms with van der Waals surface area (Å²) in [7, 11) is -2.07. The van der Waals surface area contributed by atoms with Gasteiger partial charge in [-0.3, -0.25) is 4.79 Å². The van der Waals surface area contributed by atoms with E-state index in [2.05, 4.69) is 6.07 Å². The number of sulfonamides is 1. The van der Waals surface area contributed by atoms with Gasteiger partial charge in [0.25, 0.3) is 0 Å². The Labute approximate surface area is 217 Å². The fourth-order valence-corrected chi connectivity index (χ4v) is 6.40. The molecule has 2 aromatic carbocycles. The number of carbonyl (C=O) groups is 1. The quantitative estimate of drug-likeness (QED) is 0.465. The third-order valence-electron chi connectivity index (χ3n) is 6.82. The van der Waals surface area contributed by atoms with Gasteiger partial charge in [0, 0.05) is 25.7 Å². The van der Waals surface area contributed by atoms with Crippen molar-refractivity contribution in [2.24, 2.45) is 7.05 Å². The molecule has 4 rings (SSSR count). The first-order valence-corrected chi connectivity index (χ1v) is 13.7. The molecule has 1 unspecified atom stereocenters. The second-order valence-electron chi connectivity index (χ2n) is 9.49. The minimum absolute atomic E-state index is 0.137. The van der Waals surface area contributed by atoms with Gasteiger partial charge < -0.3 is 14.4 Å². The van der Waals surface area contributed by atoms with Crippen molar-refractivity contribution in [2.45, 2.75) is 56.6 Å². The predicted molar refractivity (Wildman–Crippen MR) is 139 cm³/mol. The third kappa shape index (κ3) is 5.55. The summed E-state index contributed by atoms with van der Waals surface area (Å²) in [6.07, 6.45) is 2.91. The number of nitriles is 1. The smallest absolute Gasteiger partial charge is 0.304 e. The molecule has 1 N–H and O–H groups in total. The van der Waals surface area contributed by atoms with E-state index >= 15 is 0 Å². The van der Waals surface area contributed by atoms with Crippen molar-refractivity contribution < 1.29 is 23.1 Å². The summed E-state index contributed by atoms with van der Waals surface area (Å²) in [6.45, 7) is 4.31. The highest BCUT2D eigenvalue weighted by Gasteiger charge is 2.34. The van der Waals surface area contributed by atoms with Gasteiger partial charge in [0.15, 0.2) is 0 Å². The van der Waals surface area contributed by atoms with Crippen molar-refractivity contribution in [3.05, 3.63) is 82.7 Å². The lowest BCUT2D eigenvalue weighted by Gasteiger charge is -2.24. The van der Waals surface area contributed by atoms with Gasteiger partial charge in [0.2, 0.25) is 10.0 Å². The normalized spacial score (nSPS) is 17.7. The molecule has 2 atom stereocenters. The van der Waals surface area contributed by atoms with Gasteiger partial charge in [0.1, 0.15) is 28.5 Å². The molecule has 0 saturated heterocycles. The van der Waals surface area contributed by atoms with E-state index in [-0.39, 0.29) is 30.5 Å². The molecule has 194 valence electrons. The standard InChI is InChI=1S/C28H31N3O5S/c1-4-7-24-18-31(37(34,35)27-9-6-5-8-26(27)36-24)17-21-12-20(11-10-19(21)2)25(14-28(32)33)22-13-23(15-29)30(3)16-22/h5-6,8-13,16,24-25H,4,7,14,17-18H2,1-3H3,(H,32,33)/t24-,25?/m1/s1. The van der Waals surface area contributed by atoms with Gasteiger partial charge in [-0.05, 0) is 53.8 Å². The van der Waals surface area contributed by atoms with Crippen molar-refractivity contribution in [3.8, 4) is 11.8 Å². The van der Waals surface area contributed by atoms with Gasteiger partial charge in [-0.15, -0.1) is 0 Å². The van der Waals surface area contributed by atoms with Crippen LogP contribution in [0.4, 0.5) is 0 Å². The van der Waals surface area contributed by atoms with Gasteiger partial charge in [0.05, 0.1) is 13.0 Å². The van der Waals surface area contributed by atoms with Crippen LogP contribution in [0.15, 0.2) is 59.6 Å². The molecule has 0 amide bonds. The molecule has 3 aromatic rings. The number of fused-ring (bicyclic) bond motifs is 1. The fourth-order valence-electron chi connectivity index (χ4n) is 4.83. The molecule has 9 heteroatoms. The molecule has 1 aliphatic heterocycles. The number of para-hydroxylation sites is 1. The molecule has 1 aromatic heterocycles. The molecular weight excluding hydrogens is 490 g/mol. The maximum Gasteiger partial charge on any atom is 0.304 e. The summed E-state index contributed by atoms with van der Waals surface area (Å²) in [4.78, 5) is 11.9. The molecule has 37 heavy (non-hydrogen) atoms. The van der Waals surface area contributed by atoms with Gasteiger partial charge >= 0.3 is 5.97 Å². The predicted octanol–water partition coefficient (Wildman–Crippen LogP) is 4.56. The summed E-state index contributed by atoms with van der Waals surface area (Å²) in [5, 5.41) is 19.0. The monoisotopic (exact) mass is 521 g/mol. The van der Waals surface area contributed by atoms with Crippen LogP contribution in [0.2, 0.25) is 0 Å². The van der Waals surface area contributed by atoms with Crippen molar-refractivity contribution in [1.29, 1.82) is 5.26 Å². The second kappa shape index (κ2) is 10.8. The van der Waals surface area contributed by atoms with Gasteiger partial charge in [-0.1, -0.05) is 43.7 Å². The third-order valence-corrected chi connectivity index (χ3v) is 8.67. The number of aromatic nitrogens is 1. The van der Waals surface area contributed by atoms with Gasteiger partial charge in [-0.25, -0.2) is 8.42 Å². The Morgan fingerprint density at radius 1 is 1.22 bits per heavy atom. The molecule has 0 radical (unpaired) electrons. The van der Waals surface area contributed by atoms with E-state index in [0.29, 0.717) is 11.4 Å². The Bertz CT molecular complexity index is 1450. The minimum atomic E-state index is -3.82. The number of carboxylic acid groups (broad SMARTS) is 1. The molecule has 0 bridgehead atoms. The molecule has 2 heterocycles. The number of aliphatic carboxylic acids is 1. The van der Waals surface area contributed by atoms with Crippen molar-refractivity contribution >= 4 is 16.0 Å². The highest BCUT2D eigenvalue weighted by molar-refractivity contribution is 7.89. The summed E-state index contributed by atoms with van der Waals surface area (Å²) in [5.74, 6) is -1.07. The molecule has 1 aliphatic rings. The van der Waals surface area contributed by atoms with E-state index in [1.54, 1.807) is 48.1 Å². The van der Waals surface area contributed by atoms with Crippen LogP contribution in [0.3, 0.4) is 0 Å². The number of hydrogen-bond donors (Lipinski definition) is 1. The summed E-state index contributed by atoms with van der Waals surface area (Å²) < 4.78 is 36.6. The van der Waals surface area contributed by atoms with E-state index in [9.17, 15) is 23.6 Å². The average Bonchev–Trinajstić information content (AvgIpc) is 3.19. The summed E-state index contributed by atoms with van der Waals surface area (Å²) >= 11 is 0. The number of nitrogens with zero attached hydrogens (tertiary/aromatic N) is 3. The highest BCUT2D eigenvalue weighted by atomic mass is 32.2. The topological polar surface area (TPSA) is 113 Å². The van der Waals surface area contributed by atoms with Crippen molar-refractivity contribution in [3.63, 3.8) is 0 Å². The number of ether oxygens (including phenoxy) is 1. The summed E-state index contributed by atoms with van der Waals surface area (Å²) in [5.41, 5.74) is 3.62. The zero-order valence-electron chi connectivity index (χ0n) is 21.2. The minimum Gasteiger partial charge on any atom is -0.488 e. The first-order valence-electron chi connectivity index (χ1n) is 12.3. The van der Waals surface area contributed by atoms with Crippen LogP contribution >= 0.6 is 0 Å². The summed E-state index contributed by atoms with van der Waals surface area (Å²) in [6, 6.07) is 16.2. The number of aryl methyl sites for hydroxylation is 2. The van der Waals surface area contributed by atoms with Crippen LogP contribution in [0, 0.1) is 18.3 Å². The van der Waals surface area contributed by atoms with Crippen LogP contribution in [0.1, 0.15) is 60.1 Å². The van der Waals surface area contributed by atoms with Crippen molar-refractivity contribution in [2.75, 3.05) is 6.54 Å². The maximum absolute atomic E-state index is 13.7. The van der Waals surface area contributed by atoms with Crippen LogP contribution in [-0.2, 0) is 28.4 Å². The second-order valence-corrected chi connectivity index (χ2v) is 11.4. The zero-order valence-corrected chi connectivity index (χ0v) is 22.0. The van der Waals surface area contributed by atoms with Gasteiger partial charge in [-0.2, -0.15) is 9.57 Å². The lowest BCUT2D eigenvalue weighted by Crippen LogP contribution is -2.36. The Kier molecular flexibility index (Phi) is 7.71. The Morgan fingerprint density at radius 2 is 1.97 bits per heavy atom. The average molecular weight is 522 g/mol. The molecule has 0 fully saturated rings. The van der Waals surface area contributed by atoms with Crippen LogP contribution < -0.4 is 4.74 Å². The van der Waals surface area contributed by atoms with Crippen LogP contribution in [0.5, 0.6) is 5.75 Å². The molecule has 0 spiro atoms. The van der Waals surface area contributed by atoms with E-state index in [0.717, 1.165) is 35.1 Å². The lowest BCUT2D eigenvalue weighted by atomic mass is 9.88. The molecular formula is C28H31N3O5S. The van der Waals surface area contributed by atoms with E-state index in [4.69, 9.17) is 4.74 Å². The Hall–Kier alpha value is -3.61. The number of carboxylic acids is 1. The first kappa shape index (κ1) is 26.5. The van der Waals surface area contributed by atoms with Crippen LogP contribution in [-0.4, -0.2) is 41.0 Å². The first-order chi connectivity index (χ1) is 17.6. The maximum atomic E-state index is 13.7. The zero-order chi connectivity index (χ0) is 26.7. The van der Waals surface area contributed by atoms with E-state index in [1.807, 2.05) is 32.0 Å². The van der Waals surface area contributed by atoms with Crippen molar-refractivity contribution in [1.82, 2.24) is 8.87 Å². The van der Waals surface area contributed by atoms with E-state index in [1.165, 1.54) is 4.31 Å².